The summed E-state index contributed by atoms with van der Waals surface area (Å²) >= 11 is 0. The number of aliphatic carboxylic acids is 1. The van der Waals surface area contributed by atoms with Crippen molar-refractivity contribution in [3.05, 3.63) is 30.0 Å². The van der Waals surface area contributed by atoms with Crippen LogP contribution in [0.15, 0.2) is 24.4 Å². The van der Waals surface area contributed by atoms with Gasteiger partial charge in [-0.25, -0.2) is 9.59 Å². The molecule has 1 aliphatic rings. The second-order valence-electron chi connectivity index (χ2n) is 6.32. The number of benzene rings is 1. The normalized spacial score (nSPS) is 16.4. The number of fused-ring (bicyclic) bond motifs is 1. The van der Waals surface area contributed by atoms with Crippen molar-refractivity contribution in [3.8, 4) is 5.75 Å². The van der Waals surface area contributed by atoms with Gasteiger partial charge >= 0.3 is 11.9 Å². The first kappa shape index (κ1) is 16.5. The van der Waals surface area contributed by atoms with Gasteiger partial charge in [-0.05, 0) is 69.6 Å². The molecule has 1 aromatic heterocycles. The van der Waals surface area contributed by atoms with Crippen LogP contribution in [0.2, 0.25) is 0 Å². The van der Waals surface area contributed by atoms with Crippen molar-refractivity contribution in [1.29, 1.82) is 0 Å². The molecule has 0 unspecified atom stereocenters. The molecule has 24 heavy (non-hydrogen) atoms. The summed E-state index contributed by atoms with van der Waals surface area (Å²) in [5, 5.41) is 9.74. The minimum atomic E-state index is -1.59. The van der Waals surface area contributed by atoms with E-state index in [2.05, 4.69) is 29.6 Å². The molecule has 0 saturated carbocycles. The summed E-state index contributed by atoms with van der Waals surface area (Å²) in [6.07, 6.45) is 4.38. The SMILES string of the molecule is CCn1cc(C2CCN(C)CC2)c2cc(OC(=O)C(=O)O)ccc21. The Labute approximate surface area is 140 Å². The molecular formula is C18H22N2O4. The Morgan fingerprint density at radius 1 is 1.29 bits per heavy atom. The maximum atomic E-state index is 11.3. The fourth-order valence-corrected chi connectivity index (χ4v) is 3.42. The molecular weight excluding hydrogens is 308 g/mol. The number of aryl methyl sites for hydroxylation is 1. The monoisotopic (exact) mass is 330 g/mol. The van der Waals surface area contributed by atoms with Crippen LogP contribution in [-0.2, 0) is 16.1 Å². The van der Waals surface area contributed by atoms with E-state index in [1.54, 1.807) is 12.1 Å². The summed E-state index contributed by atoms with van der Waals surface area (Å²) in [6, 6.07) is 5.32. The van der Waals surface area contributed by atoms with Gasteiger partial charge in [-0.3, -0.25) is 0 Å². The molecule has 2 heterocycles. The van der Waals surface area contributed by atoms with Gasteiger partial charge in [0.05, 0.1) is 0 Å². The van der Waals surface area contributed by atoms with E-state index in [4.69, 9.17) is 9.84 Å². The highest BCUT2D eigenvalue weighted by molar-refractivity contribution is 6.29. The lowest BCUT2D eigenvalue weighted by Gasteiger charge is -2.28. The number of hydrogen-bond donors (Lipinski definition) is 1. The Kier molecular flexibility index (Phi) is 4.57. The van der Waals surface area contributed by atoms with Crippen LogP contribution < -0.4 is 4.74 Å². The molecule has 3 rings (SSSR count). The fraction of sp³-hybridized carbons (Fsp3) is 0.444. The molecule has 0 bridgehead atoms. The Bertz CT molecular complexity index is 773. The van der Waals surface area contributed by atoms with Crippen LogP contribution in [-0.4, -0.2) is 46.6 Å². The van der Waals surface area contributed by atoms with Gasteiger partial charge < -0.3 is 19.3 Å². The number of carbonyl (C=O) groups is 2. The van der Waals surface area contributed by atoms with Crippen molar-refractivity contribution in [2.24, 2.45) is 0 Å². The van der Waals surface area contributed by atoms with Gasteiger partial charge in [0.1, 0.15) is 5.75 Å². The first-order valence-electron chi connectivity index (χ1n) is 8.26. The summed E-state index contributed by atoms with van der Waals surface area (Å²) in [5.74, 6) is -2.10. The Morgan fingerprint density at radius 3 is 2.62 bits per heavy atom. The molecule has 1 aliphatic heterocycles. The van der Waals surface area contributed by atoms with E-state index in [1.807, 2.05) is 6.07 Å². The maximum absolute atomic E-state index is 11.3. The van der Waals surface area contributed by atoms with E-state index in [9.17, 15) is 9.59 Å². The van der Waals surface area contributed by atoms with Gasteiger partial charge in [0.25, 0.3) is 0 Å². The van der Waals surface area contributed by atoms with E-state index < -0.39 is 11.9 Å². The number of nitrogens with zero attached hydrogens (tertiary/aromatic N) is 2. The van der Waals surface area contributed by atoms with Crippen molar-refractivity contribution in [2.75, 3.05) is 20.1 Å². The third kappa shape index (κ3) is 3.14. The third-order valence-electron chi connectivity index (χ3n) is 4.77. The largest absolute Gasteiger partial charge is 0.473 e. The zero-order chi connectivity index (χ0) is 17.3. The van der Waals surface area contributed by atoms with Crippen molar-refractivity contribution >= 4 is 22.8 Å². The van der Waals surface area contributed by atoms with Gasteiger partial charge in [-0.15, -0.1) is 0 Å². The van der Waals surface area contributed by atoms with Gasteiger partial charge in [-0.2, -0.15) is 0 Å². The topological polar surface area (TPSA) is 71.8 Å². The minimum absolute atomic E-state index is 0.276. The summed E-state index contributed by atoms with van der Waals surface area (Å²) < 4.78 is 7.12. The van der Waals surface area contributed by atoms with Crippen molar-refractivity contribution < 1.29 is 19.4 Å². The molecule has 1 fully saturated rings. The summed E-state index contributed by atoms with van der Waals surface area (Å²) in [7, 11) is 2.13. The first-order valence-corrected chi connectivity index (χ1v) is 8.26. The highest BCUT2D eigenvalue weighted by Gasteiger charge is 2.23. The molecule has 0 aliphatic carbocycles. The number of carboxylic acid groups (broad SMARTS) is 1. The second-order valence-corrected chi connectivity index (χ2v) is 6.32. The Hall–Kier alpha value is -2.34. The van der Waals surface area contributed by atoms with Crippen LogP contribution in [0.5, 0.6) is 5.75 Å². The van der Waals surface area contributed by atoms with Gasteiger partial charge in [0.15, 0.2) is 0 Å². The lowest BCUT2D eigenvalue weighted by Crippen LogP contribution is -2.29. The number of aromatic nitrogens is 1. The lowest BCUT2D eigenvalue weighted by molar-refractivity contribution is -0.158. The smallest absolute Gasteiger partial charge is 0.422 e. The van der Waals surface area contributed by atoms with Crippen LogP contribution in [0.4, 0.5) is 0 Å². The van der Waals surface area contributed by atoms with E-state index >= 15 is 0 Å². The van der Waals surface area contributed by atoms with Crippen LogP contribution in [0.25, 0.3) is 10.9 Å². The van der Waals surface area contributed by atoms with E-state index in [1.165, 1.54) is 5.56 Å². The highest BCUT2D eigenvalue weighted by Crippen LogP contribution is 2.35. The summed E-state index contributed by atoms with van der Waals surface area (Å²) in [6.45, 7) is 5.09. The van der Waals surface area contributed by atoms with Crippen molar-refractivity contribution in [1.82, 2.24) is 9.47 Å². The molecule has 128 valence electrons. The number of carbonyl (C=O) groups excluding carboxylic acids is 1. The highest BCUT2D eigenvalue weighted by atomic mass is 16.6. The van der Waals surface area contributed by atoms with E-state index in [-0.39, 0.29) is 5.75 Å². The number of likely N-dealkylation sites (tertiary alicyclic amines) is 1. The van der Waals surface area contributed by atoms with Crippen LogP contribution in [0.1, 0.15) is 31.2 Å². The average molecular weight is 330 g/mol. The molecule has 0 atom stereocenters. The quantitative estimate of drug-likeness (QED) is 0.532. The Morgan fingerprint density at radius 2 is 2.00 bits per heavy atom. The molecule has 6 nitrogen and oxygen atoms in total. The van der Waals surface area contributed by atoms with Crippen LogP contribution in [0, 0.1) is 0 Å². The number of rotatable bonds is 3. The van der Waals surface area contributed by atoms with Crippen molar-refractivity contribution in [2.45, 2.75) is 32.2 Å². The summed E-state index contributed by atoms with van der Waals surface area (Å²) in [5.41, 5.74) is 2.34. The zero-order valence-corrected chi connectivity index (χ0v) is 14.0. The maximum Gasteiger partial charge on any atom is 0.422 e. The predicted octanol–water partition coefficient (Wildman–Crippen LogP) is 2.46. The molecule has 6 heteroatoms. The van der Waals surface area contributed by atoms with Gasteiger partial charge in [0.2, 0.25) is 0 Å². The second kappa shape index (κ2) is 6.65. The predicted molar refractivity (Wildman–Crippen MR) is 90.4 cm³/mol. The lowest BCUT2D eigenvalue weighted by atomic mass is 9.89. The zero-order valence-electron chi connectivity index (χ0n) is 14.0. The number of hydrogen-bond acceptors (Lipinski definition) is 4. The molecule has 1 N–H and O–H groups in total. The molecule has 0 radical (unpaired) electrons. The molecule has 0 amide bonds. The van der Waals surface area contributed by atoms with Gasteiger partial charge in [-0.1, -0.05) is 0 Å². The Balaban J connectivity index is 1.98. The third-order valence-corrected chi connectivity index (χ3v) is 4.77. The van der Waals surface area contributed by atoms with Gasteiger partial charge in [0, 0.05) is 23.6 Å². The number of esters is 1. The first-order chi connectivity index (χ1) is 11.5. The van der Waals surface area contributed by atoms with Crippen molar-refractivity contribution in [3.63, 3.8) is 0 Å². The fourth-order valence-electron chi connectivity index (χ4n) is 3.42. The number of carboxylic acids is 1. The van der Waals surface area contributed by atoms with Crippen LogP contribution >= 0.6 is 0 Å². The average Bonchev–Trinajstić information content (AvgIpc) is 2.93. The van der Waals surface area contributed by atoms with E-state index in [0.717, 1.165) is 43.4 Å². The molecule has 1 aromatic carbocycles. The molecule has 2 aromatic rings. The minimum Gasteiger partial charge on any atom is -0.473 e. The van der Waals surface area contributed by atoms with Crippen LogP contribution in [0.3, 0.4) is 0 Å². The standard InChI is InChI=1S/C18H22N2O4/c1-3-20-11-15(12-6-8-19(2)9-7-12)14-10-13(4-5-16(14)20)24-18(23)17(21)22/h4-5,10-12H,3,6-9H2,1-2H3,(H,21,22). The molecule has 1 saturated heterocycles. The molecule has 0 spiro atoms. The summed E-state index contributed by atoms with van der Waals surface area (Å²) in [4.78, 5) is 24.3. The van der Waals surface area contributed by atoms with E-state index in [0.29, 0.717) is 5.92 Å². The number of piperidine rings is 1. The number of ether oxygens (including phenoxy) is 1.